The third-order valence-corrected chi connectivity index (χ3v) is 4.53. The van der Waals surface area contributed by atoms with Crippen LogP contribution in [-0.2, 0) is 14.6 Å². The molecular formula is C16H16ClNO3S. The summed E-state index contributed by atoms with van der Waals surface area (Å²) >= 11 is 5.89. The predicted molar refractivity (Wildman–Crippen MR) is 86.7 cm³/mol. The highest BCUT2D eigenvalue weighted by Crippen LogP contribution is 2.25. The maximum absolute atomic E-state index is 11.7. The number of halogens is 1. The van der Waals surface area contributed by atoms with Gasteiger partial charge in [-0.15, -0.1) is 0 Å². The molecule has 2 aromatic carbocycles. The highest BCUT2D eigenvalue weighted by Gasteiger charge is 2.17. The van der Waals surface area contributed by atoms with Crippen LogP contribution in [0.3, 0.4) is 0 Å². The minimum Gasteiger partial charge on any atom is -0.345 e. The molecule has 0 radical (unpaired) electrons. The second-order valence-corrected chi connectivity index (χ2v) is 7.48. The van der Waals surface area contributed by atoms with Crippen molar-refractivity contribution >= 4 is 27.3 Å². The smallest absolute Gasteiger partial charge is 0.217 e. The lowest BCUT2D eigenvalue weighted by atomic mass is 9.99. The van der Waals surface area contributed by atoms with Crippen LogP contribution in [0.25, 0.3) is 0 Å². The molecule has 0 saturated heterocycles. The summed E-state index contributed by atoms with van der Waals surface area (Å²) in [7, 11) is -3.31. The standard InChI is InChI=1S/C16H16ClNO3S/c1-11(19)18-16(12-6-8-14(17)9-7-12)13-4-3-5-15(10-13)22(2,20)21/h3-10,16H,1-2H3,(H,18,19). The number of amides is 1. The van der Waals surface area contributed by atoms with Crippen molar-refractivity contribution in [2.75, 3.05) is 6.26 Å². The third-order valence-electron chi connectivity index (χ3n) is 3.17. The van der Waals surface area contributed by atoms with Gasteiger partial charge in [-0.05, 0) is 35.4 Å². The summed E-state index contributed by atoms with van der Waals surface area (Å²) in [5.41, 5.74) is 1.52. The lowest BCUT2D eigenvalue weighted by Gasteiger charge is -2.19. The topological polar surface area (TPSA) is 63.2 Å². The summed E-state index contributed by atoms with van der Waals surface area (Å²) in [6, 6.07) is 13.2. The fourth-order valence-electron chi connectivity index (χ4n) is 2.14. The van der Waals surface area contributed by atoms with Crippen LogP contribution in [0.1, 0.15) is 24.1 Å². The predicted octanol–water partition coefficient (Wildman–Crippen LogP) is 2.97. The molecule has 0 bridgehead atoms. The van der Waals surface area contributed by atoms with E-state index in [1.54, 1.807) is 42.5 Å². The quantitative estimate of drug-likeness (QED) is 0.932. The Kier molecular flexibility index (Phi) is 4.88. The fraction of sp³-hybridized carbons (Fsp3) is 0.188. The van der Waals surface area contributed by atoms with E-state index in [1.807, 2.05) is 0 Å². The van der Waals surface area contributed by atoms with Gasteiger partial charge in [-0.1, -0.05) is 35.9 Å². The molecule has 4 nitrogen and oxygen atoms in total. The first-order valence-corrected chi connectivity index (χ1v) is 8.87. The molecular weight excluding hydrogens is 322 g/mol. The zero-order valence-electron chi connectivity index (χ0n) is 12.2. The van der Waals surface area contributed by atoms with E-state index >= 15 is 0 Å². The first-order chi connectivity index (χ1) is 10.3. The molecule has 0 aromatic heterocycles. The molecule has 22 heavy (non-hydrogen) atoms. The van der Waals surface area contributed by atoms with Gasteiger partial charge in [0.2, 0.25) is 5.91 Å². The van der Waals surface area contributed by atoms with Gasteiger partial charge in [-0.3, -0.25) is 4.79 Å². The van der Waals surface area contributed by atoms with Crippen molar-refractivity contribution in [2.45, 2.75) is 17.9 Å². The second-order valence-electron chi connectivity index (χ2n) is 5.03. The highest BCUT2D eigenvalue weighted by molar-refractivity contribution is 7.90. The Morgan fingerprint density at radius 2 is 1.73 bits per heavy atom. The molecule has 0 aliphatic carbocycles. The molecule has 1 atom stereocenters. The number of hydrogen-bond donors (Lipinski definition) is 1. The van der Waals surface area contributed by atoms with Crippen molar-refractivity contribution in [1.82, 2.24) is 5.32 Å². The van der Waals surface area contributed by atoms with E-state index in [9.17, 15) is 13.2 Å². The number of carbonyl (C=O) groups is 1. The van der Waals surface area contributed by atoms with E-state index in [-0.39, 0.29) is 10.8 Å². The summed E-state index contributed by atoms with van der Waals surface area (Å²) in [5, 5.41) is 3.43. The number of benzene rings is 2. The van der Waals surface area contributed by atoms with Crippen LogP contribution < -0.4 is 5.32 Å². The van der Waals surface area contributed by atoms with Gasteiger partial charge in [0, 0.05) is 18.2 Å². The Hall–Kier alpha value is -1.85. The molecule has 1 unspecified atom stereocenters. The molecule has 0 aliphatic heterocycles. The Balaban J connectivity index is 2.50. The highest BCUT2D eigenvalue weighted by atomic mass is 35.5. The van der Waals surface area contributed by atoms with Gasteiger partial charge < -0.3 is 5.32 Å². The Labute approximate surface area is 135 Å². The van der Waals surface area contributed by atoms with E-state index in [0.717, 1.165) is 11.8 Å². The van der Waals surface area contributed by atoms with Gasteiger partial charge in [0.1, 0.15) is 0 Å². The van der Waals surface area contributed by atoms with Gasteiger partial charge in [0.15, 0.2) is 9.84 Å². The van der Waals surface area contributed by atoms with Crippen molar-refractivity contribution < 1.29 is 13.2 Å². The SMILES string of the molecule is CC(=O)NC(c1ccc(Cl)cc1)c1cccc(S(C)(=O)=O)c1. The normalized spacial score (nSPS) is 12.7. The van der Waals surface area contributed by atoms with Crippen LogP contribution in [-0.4, -0.2) is 20.6 Å². The van der Waals surface area contributed by atoms with Crippen LogP contribution in [0.15, 0.2) is 53.4 Å². The first-order valence-electron chi connectivity index (χ1n) is 6.60. The van der Waals surface area contributed by atoms with Crippen LogP contribution in [0.4, 0.5) is 0 Å². The van der Waals surface area contributed by atoms with Crippen molar-refractivity contribution in [1.29, 1.82) is 0 Å². The Morgan fingerprint density at radius 3 is 2.27 bits per heavy atom. The average molecular weight is 338 g/mol. The van der Waals surface area contributed by atoms with Crippen LogP contribution in [0.2, 0.25) is 5.02 Å². The monoisotopic (exact) mass is 337 g/mol. The maximum atomic E-state index is 11.7. The lowest BCUT2D eigenvalue weighted by Crippen LogP contribution is -2.27. The largest absolute Gasteiger partial charge is 0.345 e. The molecule has 1 N–H and O–H groups in total. The number of rotatable bonds is 4. The zero-order chi connectivity index (χ0) is 16.3. The molecule has 0 aliphatic rings. The van der Waals surface area contributed by atoms with E-state index in [1.165, 1.54) is 13.0 Å². The van der Waals surface area contributed by atoms with Crippen molar-refractivity contribution in [3.05, 3.63) is 64.7 Å². The third kappa shape index (κ3) is 4.08. The minimum absolute atomic E-state index is 0.204. The Morgan fingerprint density at radius 1 is 1.09 bits per heavy atom. The van der Waals surface area contributed by atoms with E-state index in [0.29, 0.717) is 10.6 Å². The molecule has 0 spiro atoms. The molecule has 116 valence electrons. The first kappa shape index (κ1) is 16.5. The lowest BCUT2D eigenvalue weighted by molar-refractivity contribution is -0.119. The summed E-state index contributed by atoms with van der Waals surface area (Å²) in [4.78, 5) is 11.7. The summed E-state index contributed by atoms with van der Waals surface area (Å²) in [5.74, 6) is -0.204. The summed E-state index contributed by atoms with van der Waals surface area (Å²) in [6.07, 6.45) is 1.15. The zero-order valence-corrected chi connectivity index (χ0v) is 13.8. The summed E-state index contributed by atoms with van der Waals surface area (Å²) < 4.78 is 23.4. The van der Waals surface area contributed by atoms with Gasteiger partial charge in [-0.25, -0.2) is 8.42 Å². The molecule has 2 rings (SSSR count). The van der Waals surface area contributed by atoms with Gasteiger partial charge >= 0.3 is 0 Å². The average Bonchev–Trinajstić information content (AvgIpc) is 2.45. The van der Waals surface area contributed by atoms with Crippen molar-refractivity contribution in [3.8, 4) is 0 Å². The van der Waals surface area contributed by atoms with E-state index in [2.05, 4.69) is 5.32 Å². The molecule has 0 saturated carbocycles. The van der Waals surface area contributed by atoms with Gasteiger partial charge in [0.25, 0.3) is 0 Å². The Bertz CT molecular complexity index is 785. The van der Waals surface area contributed by atoms with Crippen molar-refractivity contribution in [3.63, 3.8) is 0 Å². The van der Waals surface area contributed by atoms with E-state index < -0.39 is 15.9 Å². The maximum Gasteiger partial charge on any atom is 0.217 e. The molecule has 0 fully saturated rings. The number of carbonyl (C=O) groups excluding carboxylic acids is 1. The summed E-state index contributed by atoms with van der Waals surface area (Å²) in [6.45, 7) is 1.42. The number of hydrogen-bond acceptors (Lipinski definition) is 3. The fourth-order valence-corrected chi connectivity index (χ4v) is 2.94. The molecule has 2 aromatic rings. The molecule has 6 heteroatoms. The van der Waals surface area contributed by atoms with Gasteiger partial charge in [-0.2, -0.15) is 0 Å². The van der Waals surface area contributed by atoms with Crippen LogP contribution in [0.5, 0.6) is 0 Å². The number of sulfone groups is 1. The molecule has 1 amide bonds. The van der Waals surface area contributed by atoms with Crippen molar-refractivity contribution in [2.24, 2.45) is 0 Å². The van der Waals surface area contributed by atoms with Crippen LogP contribution in [0, 0.1) is 0 Å². The van der Waals surface area contributed by atoms with Crippen LogP contribution >= 0.6 is 11.6 Å². The second kappa shape index (κ2) is 6.50. The minimum atomic E-state index is -3.31. The van der Waals surface area contributed by atoms with E-state index in [4.69, 9.17) is 11.6 Å². The molecule has 0 heterocycles. The van der Waals surface area contributed by atoms with Gasteiger partial charge in [0.05, 0.1) is 10.9 Å². The number of nitrogens with one attached hydrogen (secondary N) is 1.